The number of carbonyl (C=O) groups excluding carboxylic acids is 1. The first-order chi connectivity index (χ1) is 17.0. The predicted molar refractivity (Wildman–Crippen MR) is 137 cm³/mol. The number of carbonyl (C=O) groups is 1. The van der Waals surface area contributed by atoms with Gasteiger partial charge in [0.25, 0.3) is 5.91 Å². The van der Waals surface area contributed by atoms with Gasteiger partial charge in [0.2, 0.25) is 0 Å². The van der Waals surface area contributed by atoms with Crippen LogP contribution in [0.25, 0.3) is 10.9 Å². The van der Waals surface area contributed by atoms with Crippen LogP contribution in [0, 0.1) is 0 Å². The number of pyridine rings is 1. The van der Waals surface area contributed by atoms with Crippen molar-refractivity contribution >= 4 is 51.4 Å². The van der Waals surface area contributed by atoms with E-state index in [1.807, 2.05) is 37.3 Å². The van der Waals surface area contributed by atoms with Gasteiger partial charge in [-0.25, -0.2) is 0 Å². The second-order valence-corrected chi connectivity index (χ2v) is 8.97. The molecule has 2 aromatic carbocycles. The van der Waals surface area contributed by atoms with E-state index in [4.69, 9.17) is 32.7 Å². The zero-order valence-electron chi connectivity index (χ0n) is 18.9. The van der Waals surface area contributed by atoms with E-state index in [1.54, 1.807) is 12.1 Å². The molecular formula is C25H23Cl2N5O3. The molecule has 1 fully saturated rings. The number of nitrogens with zero attached hydrogens (tertiary/aromatic N) is 3. The number of fused-ring (bicyclic) bond motifs is 1. The molecule has 0 bridgehead atoms. The minimum Gasteiger partial charge on any atom is -0.486 e. The number of rotatable bonds is 6. The van der Waals surface area contributed by atoms with Gasteiger partial charge < -0.3 is 19.7 Å². The first-order valence-corrected chi connectivity index (χ1v) is 11.9. The lowest BCUT2D eigenvalue weighted by atomic mass is 10.1. The molecule has 0 aliphatic carbocycles. The number of hydrogen-bond donors (Lipinski definition) is 2. The Kier molecular flexibility index (Phi) is 6.77. The fourth-order valence-corrected chi connectivity index (χ4v) is 4.75. The Labute approximate surface area is 212 Å². The Hall–Kier alpha value is -3.33. The van der Waals surface area contributed by atoms with E-state index in [0.717, 1.165) is 37.5 Å². The maximum Gasteiger partial charge on any atom is 0.276 e. The number of morpholine rings is 1. The largest absolute Gasteiger partial charge is 0.486 e. The van der Waals surface area contributed by atoms with Gasteiger partial charge in [-0.3, -0.25) is 14.9 Å². The van der Waals surface area contributed by atoms with E-state index in [9.17, 15) is 4.79 Å². The third kappa shape index (κ3) is 5.05. The van der Waals surface area contributed by atoms with Crippen LogP contribution >= 0.6 is 23.2 Å². The maximum atomic E-state index is 13.0. The third-order valence-corrected chi connectivity index (χ3v) is 6.46. The van der Waals surface area contributed by atoms with E-state index in [2.05, 4.69) is 25.4 Å². The van der Waals surface area contributed by atoms with Crippen LogP contribution in [0.3, 0.4) is 0 Å². The van der Waals surface area contributed by atoms with Crippen molar-refractivity contribution in [2.24, 2.45) is 0 Å². The standard InChI is InChI=1S/C25H23Cl2N5O3/c1-15(23-20(26)13-28-14-21(23)27)35-18-6-7-22-19(12-18)24(31-30-22)25(33)29-16-2-4-17(5-3-16)32-8-10-34-11-9-32/h2-7,12-15H,8-11H2,1H3,(H,29,33)(H,30,31). The summed E-state index contributed by atoms with van der Waals surface area (Å²) < 4.78 is 11.5. The summed E-state index contributed by atoms with van der Waals surface area (Å²) in [6, 6.07) is 13.1. The second kappa shape index (κ2) is 10.1. The molecule has 0 spiro atoms. The van der Waals surface area contributed by atoms with E-state index in [-0.39, 0.29) is 11.6 Å². The summed E-state index contributed by atoms with van der Waals surface area (Å²) >= 11 is 12.5. The highest BCUT2D eigenvalue weighted by molar-refractivity contribution is 6.35. The van der Waals surface area contributed by atoms with Crippen molar-refractivity contribution in [2.75, 3.05) is 36.5 Å². The van der Waals surface area contributed by atoms with E-state index < -0.39 is 6.10 Å². The molecule has 1 saturated heterocycles. The highest BCUT2D eigenvalue weighted by Crippen LogP contribution is 2.33. The van der Waals surface area contributed by atoms with Gasteiger partial charge in [-0.1, -0.05) is 23.2 Å². The minimum atomic E-state index is -0.426. The molecule has 1 unspecified atom stereocenters. The van der Waals surface area contributed by atoms with E-state index in [0.29, 0.717) is 32.4 Å². The average molecular weight is 512 g/mol. The number of nitrogens with one attached hydrogen (secondary N) is 2. The average Bonchev–Trinajstić information content (AvgIpc) is 3.28. The Balaban J connectivity index is 1.32. The smallest absolute Gasteiger partial charge is 0.276 e. The summed E-state index contributed by atoms with van der Waals surface area (Å²) in [6.45, 7) is 5.00. The lowest BCUT2D eigenvalue weighted by molar-refractivity contribution is 0.102. The molecule has 1 atom stereocenters. The fourth-order valence-electron chi connectivity index (χ4n) is 4.08. The molecule has 5 rings (SSSR count). The predicted octanol–water partition coefficient (Wildman–Crippen LogP) is 5.49. The van der Waals surface area contributed by atoms with Crippen LogP contribution in [0.15, 0.2) is 54.9 Å². The molecule has 0 saturated carbocycles. The molecule has 0 radical (unpaired) electrons. The van der Waals surface area contributed by atoms with Crippen LogP contribution < -0.4 is 15.0 Å². The number of anilines is 2. The van der Waals surface area contributed by atoms with E-state index >= 15 is 0 Å². The first kappa shape index (κ1) is 23.4. The molecular weight excluding hydrogens is 489 g/mol. The van der Waals surface area contributed by atoms with Gasteiger partial charge in [0.15, 0.2) is 5.69 Å². The zero-order chi connectivity index (χ0) is 24.4. The lowest BCUT2D eigenvalue weighted by Crippen LogP contribution is -2.36. The Morgan fingerprint density at radius 2 is 1.83 bits per heavy atom. The number of halogens is 2. The van der Waals surface area contributed by atoms with Crippen LogP contribution in [0.4, 0.5) is 11.4 Å². The quantitative estimate of drug-likeness (QED) is 0.355. The van der Waals surface area contributed by atoms with Crippen molar-refractivity contribution in [1.29, 1.82) is 0 Å². The minimum absolute atomic E-state index is 0.273. The highest BCUT2D eigenvalue weighted by Gasteiger charge is 2.19. The summed E-state index contributed by atoms with van der Waals surface area (Å²) in [5, 5.41) is 11.5. The van der Waals surface area contributed by atoms with Crippen molar-refractivity contribution < 1.29 is 14.3 Å². The maximum absolute atomic E-state index is 13.0. The molecule has 8 nitrogen and oxygen atoms in total. The van der Waals surface area contributed by atoms with Crippen LogP contribution in [-0.2, 0) is 4.74 Å². The van der Waals surface area contributed by atoms with Gasteiger partial charge in [-0.05, 0) is 49.4 Å². The first-order valence-electron chi connectivity index (χ1n) is 11.2. The van der Waals surface area contributed by atoms with Crippen molar-refractivity contribution in [3.8, 4) is 5.75 Å². The molecule has 10 heteroatoms. The summed E-state index contributed by atoms with van der Waals surface area (Å²) in [6.07, 6.45) is 2.62. The Morgan fingerprint density at radius 3 is 2.54 bits per heavy atom. The lowest BCUT2D eigenvalue weighted by Gasteiger charge is -2.28. The van der Waals surface area contributed by atoms with Crippen LogP contribution in [0.2, 0.25) is 10.0 Å². The second-order valence-electron chi connectivity index (χ2n) is 8.16. The Bertz CT molecular complexity index is 1330. The van der Waals surface area contributed by atoms with Crippen molar-refractivity contribution in [3.63, 3.8) is 0 Å². The molecule has 1 aliphatic rings. The number of aromatic nitrogens is 3. The number of ether oxygens (including phenoxy) is 2. The van der Waals surface area contributed by atoms with Crippen LogP contribution in [0.5, 0.6) is 5.75 Å². The van der Waals surface area contributed by atoms with Gasteiger partial charge in [0, 0.05) is 47.8 Å². The number of H-pyrrole nitrogens is 1. The van der Waals surface area contributed by atoms with Crippen molar-refractivity contribution in [3.05, 3.63) is 76.2 Å². The number of aromatic amines is 1. The molecule has 4 aromatic rings. The third-order valence-electron chi connectivity index (χ3n) is 5.86. The molecule has 2 aromatic heterocycles. The van der Waals surface area contributed by atoms with Gasteiger partial charge >= 0.3 is 0 Å². The highest BCUT2D eigenvalue weighted by atomic mass is 35.5. The zero-order valence-corrected chi connectivity index (χ0v) is 20.4. The van der Waals surface area contributed by atoms with Gasteiger partial charge in [0.05, 0.1) is 28.8 Å². The van der Waals surface area contributed by atoms with Crippen molar-refractivity contribution in [2.45, 2.75) is 13.0 Å². The summed E-state index contributed by atoms with van der Waals surface area (Å²) in [5.74, 6) is 0.236. The Morgan fingerprint density at radius 1 is 1.11 bits per heavy atom. The summed E-state index contributed by atoms with van der Waals surface area (Å²) in [5.41, 5.74) is 3.43. The number of hydrogen-bond acceptors (Lipinski definition) is 6. The number of benzene rings is 2. The molecule has 2 N–H and O–H groups in total. The van der Waals surface area contributed by atoms with Gasteiger partial charge in [-0.2, -0.15) is 5.10 Å². The van der Waals surface area contributed by atoms with Gasteiger partial charge in [-0.15, -0.1) is 0 Å². The molecule has 3 heterocycles. The summed E-state index contributed by atoms with van der Waals surface area (Å²) in [4.78, 5) is 19.3. The summed E-state index contributed by atoms with van der Waals surface area (Å²) in [7, 11) is 0. The van der Waals surface area contributed by atoms with Gasteiger partial charge in [0.1, 0.15) is 11.9 Å². The fraction of sp³-hybridized carbons (Fsp3) is 0.240. The topological polar surface area (TPSA) is 92.4 Å². The van der Waals surface area contributed by atoms with Crippen molar-refractivity contribution in [1.82, 2.24) is 15.2 Å². The van der Waals surface area contributed by atoms with Crippen LogP contribution in [0.1, 0.15) is 29.1 Å². The normalized spacial score (nSPS) is 14.7. The van der Waals surface area contributed by atoms with Crippen LogP contribution in [-0.4, -0.2) is 47.4 Å². The molecule has 180 valence electrons. The molecule has 35 heavy (non-hydrogen) atoms. The molecule has 1 amide bonds. The monoisotopic (exact) mass is 511 g/mol. The van der Waals surface area contributed by atoms with E-state index in [1.165, 1.54) is 12.4 Å². The molecule has 1 aliphatic heterocycles. The SMILES string of the molecule is CC(Oc1ccc2[nH]nc(C(=O)Nc3ccc(N4CCOCC4)cc3)c2c1)c1c(Cl)cncc1Cl. The number of amides is 1.